The van der Waals surface area contributed by atoms with E-state index in [0.29, 0.717) is 17.9 Å². The summed E-state index contributed by atoms with van der Waals surface area (Å²) in [6, 6.07) is 5.35. The molecule has 2 nitrogen and oxygen atoms in total. The van der Waals surface area contributed by atoms with Crippen molar-refractivity contribution in [3.63, 3.8) is 0 Å². The first-order chi connectivity index (χ1) is 7.56. The fourth-order valence-corrected chi connectivity index (χ4v) is 3.24. The molecule has 16 heavy (non-hydrogen) atoms. The fraction of sp³-hybridized carbons (Fsp3) is 0.417. The van der Waals surface area contributed by atoms with Gasteiger partial charge in [-0.25, -0.2) is 0 Å². The summed E-state index contributed by atoms with van der Waals surface area (Å²) in [5.74, 6) is -0.743. The number of carboxylic acid groups (broad SMARTS) is 1. The first-order valence-corrected chi connectivity index (χ1v) is 6.42. The highest BCUT2D eigenvalue weighted by Gasteiger charge is 2.44. The number of halogens is 2. The molecule has 1 N–H and O–H groups in total. The van der Waals surface area contributed by atoms with Crippen LogP contribution in [-0.2, 0) is 10.2 Å². The molecule has 0 saturated heterocycles. The molecule has 1 fully saturated rings. The fourth-order valence-electron chi connectivity index (χ4n) is 2.44. The van der Waals surface area contributed by atoms with Crippen molar-refractivity contribution in [3.05, 3.63) is 33.3 Å². The molecule has 0 heterocycles. The average Bonchev–Trinajstić information content (AvgIpc) is 2.71. The summed E-state index contributed by atoms with van der Waals surface area (Å²) in [5, 5.41) is 10.1. The Labute approximate surface area is 108 Å². The van der Waals surface area contributed by atoms with Gasteiger partial charge in [-0.1, -0.05) is 40.4 Å². The van der Waals surface area contributed by atoms with Crippen LogP contribution in [0.4, 0.5) is 0 Å². The van der Waals surface area contributed by atoms with Crippen LogP contribution < -0.4 is 0 Å². The second-order valence-electron chi connectivity index (χ2n) is 4.22. The van der Waals surface area contributed by atoms with E-state index in [1.165, 1.54) is 0 Å². The van der Waals surface area contributed by atoms with Gasteiger partial charge < -0.3 is 5.11 Å². The molecule has 4 heteroatoms. The maximum Gasteiger partial charge on any atom is 0.314 e. The molecular weight excluding hydrogens is 291 g/mol. The largest absolute Gasteiger partial charge is 0.481 e. The van der Waals surface area contributed by atoms with Gasteiger partial charge in [-0.15, -0.1) is 0 Å². The van der Waals surface area contributed by atoms with Gasteiger partial charge in [0.1, 0.15) is 0 Å². The predicted molar refractivity (Wildman–Crippen MR) is 66.9 cm³/mol. The number of rotatable bonds is 2. The molecule has 0 bridgehead atoms. The highest BCUT2D eigenvalue weighted by Crippen LogP contribution is 2.44. The van der Waals surface area contributed by atoms with Crippen molar-refractivity contribution in [2.24, 2.45) is 0 Å². The van der Waals surface area contributed by atoms with Crippen molar-refractivity contribution in [1.29, 1.82) is 0 Å². The van der Waals surface area contributed by atoms with E-state index in [9.17, 15) is 9.90 Å². The van der Waals surface area contributed by atoms with Crippen molar-refractivity contribution in [3.8, 4) is 0 Å². The zero-order chi connectivity index (χ0) is 11.8. The molecule has 1 aliphatic rings. The molecule has 0 aliphatic heterocycles. The summed E-state index contributed by atoms with van der Waals surface area (Å²) < 4.78 is 0.834. The number of hydrogen-bond acceptors (Lipinski definition) is 1. The molecule has 0 radical (unpaired) electrons. The molecule has 0 atom stereocenters. The Bertz CT molecular complexity index is 425. The molecule has 1 saturated carbocycles. The van der Waals surface area contributed by atoms with Crippen LogP contribution in [-0.4, -0.2) is 11.1 Å². The Kier molecular flexibility index (Phi) is 3.27. The lowest BCUT2D eigenvalue weighted by atomic mass is 9.79. The van der Waals surface area contributed by atoms with E-state index < -0.39 is 11.4 Å². The third kappa shape index (κ3) is 1.87. The van der Waals surface area contributed by atoms with Crippen LogP contribution in [0.3, 0.4) is 0 Å². The van der Waals surface area contributed by atoms with Gasteiger partial charge >= 0.3 is 5.97 Å². The van der Waals surface area contributed by atoms with E-state index in [1.54, 1.807) is 12.1 Å². The highest BCUT2D eigenvalue weighted by atomic mass is 79.9. The van der Waals surface area contributed by atoms with Crippen molar-refractivity contribution < 1.29 is 9.90 Å². The van der Waals surface area contributed by atoms with Crippen LogP contribution in [0, 0.1) is 0 Å². The summed E-state index contributed by atoms with van der Waals surface area (Å²) in [4.78, 5) is 11.5. The summed E-state index contributed by atoms with van der Waals surface area (Å²) in [7, 11) is 0. The molecular formula is C12H12BrClO2. The molecule has 0 amide bonds. The van der Waals surface area contributed by atoms with Crippen LogP contribution >= 0.6 is 27.5 Å². The second kappa shape index (κ2) is 4.38. The quantitative estimate of drug-likeness (QED) is 0.896. The van der Waals surface area contributed by atoms with Crippen molar-refractivity contribution >= 4 is 33.5 Å². The molecule has 1 aliphatic carbocycles. The van der Waals surface area contributed by atoms with Crippen molar-refractivity contribution in [1.82, 2.24) is 0 Å². The van der Waals surface area contributed by atoms with E-state index in [4.69, 9.17) is 11.6 Å². The summed E-state index contributed by atoms with van der Waals surface area (Å²) in [6.45, 7) is 0. The second-order valence-corrected chi connectivity index (χ2v) is 5.51. The maximum atomic E-state index is 11.5. The van der Waals surface area contributed by atoms with Gasteiger partial charge in [0.15, 0.2) is 0 Å². The average molecular weight is 304 g/mol. The third-order valence-electron chi connectivity index (χ3n) is 3.31. The SMILES string of the molecule is O=C(O)C1(c2cc(Cl)ccc2Br)CCCC1. The van der Waals surface area contributed by atoms with Gasteiger partial charge in [0.2, 0.25) is 0 Å². The van der Waals surface area contributed by atoms with E-state index in [1.807, 2.05) is 6.07 Å². The van der Waals surface area contributed by atoms with Gasteiger partial charge in [-0.3, -0.25) is 4.79 Å². The highest BCUT2D eigenvalue weighted by molar-refractivity contribution is 9.10. The minimum absolute atomic E-state index is 0.589. The van der Waals surface area contributed by atoms with E-state index >= 15 is 0 Å². The van der Waals surface area contributed by atoms with Crippen LogP contribution in [0.5, 0.6) is 0 Å². The van der Waals surface area contributed by atoms with Crippen molar-refractivity contribution in [2.75, 3.05) is 0 Å². The van der Waals surface area contributed by atoms with E-state index in [0.717, 1.165) is 22.9 Å². The lowest BCUT2D eigenvalue weighted by Gasteiger charge is -2.25. The Hall–Kier alpha value is -0.540. The van der Waals surface area contributed by atoms with E-state index in [-0.39, 0.29) is 0 Å². The van der Waals surface area contributed by atoms with Crippen LogP contribution in [0.25, 0.3) is 0 Å². The zero-order valence-corrected chi connectivity index (χ0v) is 11.0. The lowest BCUT2D eigenvalue weighted by Crippen LogP contribution is -2.33. The number of benzene rings is 1. The first kappa shape index (κ1) is 11.9. The van der Waals surface area contributed by atoms with Crippen molar-refractivity contribution in [2.45, 2.75) is 31.1 Å². The van der Waals surface area contributed by atoms with Gasteiger partial charge in [0.25, 0.3) is 0 Å². The minimum Gasteiger partial charge on any atom is -0.481 e. The minimum atomic E-state index is -0.746. The van der Waals surface area contributed by atoms with Gasteiger partial charge in [0, 0.05) is 9.50 Å². The number of carbonyl (C=O) groups is 1. The molecule has 0 unspecified atom stereocenters. The molecule has 1 aromatic rings. The van der Waals surface area contributed by atoms with Gasteiger partial charge in [0.05, 0.1) is 5.41 Å². The number of carboxylic acids is 1. The summed E-state index contributed by atoms with van der Waals surface area (Å²) in [6.07, 6.45) is 3.32. The topological polar surface area (TPSA) is 37.3 Å². The normalized spacial score (nSPS) is 18.6. The molecule has 2 rings (SSSR count). The number of hydrogen-bond donors (Lipinski definition) is 1. The summed E-state index contributed by atoms with van der Waals surface area (Å²) in [5.41, 5.74) is 0.0639. The standard InChI is InChI=1S/C12H12BrClO2/c13-10-4-3-8(14)7-9(10)12(11(15)16)5-1-2-6-12/h3-4,7H,1-2,5-6H2,(H,15,16). The smallest absolute Gasteiger partial charge is 0.314 e. The Balaban J connectivity index is 2.55. The Morgan fingerprint density at radius 1 is 1.38 bits per heavy atom. The molecule has 0 spiro atoms. The van der Waals surface area contributed by atoms with Crippen LogP contribution in [0.2, 0.25) is 5.02 Å². The lowest BCUT2D eigenvalue weighted by molar-refractivity contribution is -0.143. The first-order valence-electron chi connectivity index (χ1n) is 5.25. The molecule has 86 valence electrons. The Morgan fingerprint density at radius 3 is 2.56 bits per heavy atom. The van der Waals surface area contributed by atoms with Gasteiger partial charge in [-0.2, -0.15) is 0 Å². The summed E-state index contributed by atoms with van der Waals surface area (Å²) >= 11 is 9.37. The molecule has 0 aromatic heterocycles. The predicted octanol–water partition coefficient (Wildman–Crippen LogP) is 4.00. The Morgan fingerprint density at radius 2 is 2.00 bits per heavy atom. The monoisotopic (exact) mass is 302 g/mol. The third-order valence-corrected chi connectivity index (χ3v) is 4.24. The molecule has 1 aromatic carbocycles. The van der Waals surface area contributed by atoms with Crippen LogP contribution in [0.15, 0.2) is 22.7 Å². The van der Waals surface area contributed by atoms with Gasteiger partial charge in [-0.05, 0) is 36.6 Å². The van der Waals surface area contributed by atoms with E-state index in [2.05, 4.69) is 15.9 Å². The maximum absolute atomic E-state index is 11.5. The van der Waals surface area contributed by atoms with Crippen LogP contribution in [0.1, 0.15) is 31.2 Å². The number of aliphatic carboxylic acids is 1. The zero-order valence-electron chi connectivity index (χ0n) is 8.67.